The average Bonchev–Trinajstić information content (AvgIpc) is 2.96. The van der Waals surface area contributed by atoms with Crippen molar-refractivity contribution >= 4 is 0 Å². The summed E-state index contributed by atoms with van der Waals surface area (Å²) < 4.78 is 7.36. The van der Waals surface area contributed by atoms with Crippen LogP contribution in [0, 0.1) is 0 Å². The molecule has 20 heavy (non-hydrogen) atoms. The zero-order chi connectivity index (χ0) is 13.8. The maximum Gasteiger partial charge on any atom is 0.161 e. The summed E-state index contributed by atoms with van der Waals surface area (Å²) in [5.74, 6) is 0.614. The monoisotopic (exact) mass is 266 g/mol. The molecule has 3 aromatic rings. The quantitative estimate of drug-likeness (QED) is 0.789. The Kier molecular flexibility index (Phi) is 3.37. The fourth-order valence-corrected chi connectivity index (χ4v) is 1.90. The fourth-order valence-electron chi connectivity index (χ4n) is 1.90. The first-order valence-corrected chi connectivity index (χ1v) is 6.33. The number of benzene rings is 2. The van der Waals surface area contributed by atoms with Crippen molar-refractivity contribution in [1.82, 2.24) is 9.78 Å². The minimum Gasteiger partial charge on any atom is -0.504 e. The topological polar surface area (TPSA) is 47.3 Å². The molecule has 0 aliphatic heterocycles. The lowest BCUT2D eigenvalue weighted by molar-refractivity contribution is 0.289. The van der Waals surface area contributed by atoms with Crippen LogP contribution in [0.5, 0.6) is 11.5 Å². The molecule has 0 saturated carbocycles. The van der Waals surface area contributed by atoms with Crippen LogP contribution in [0.15, 0.2) is 67.0 Å². The molecule has 0 spiro atoms. The number of hydrogen-bond acceptors (Lipinski definition) is 3. The molecule has 0 fully saturated rings. The summed E-state index contributed by atoms with van der Waals surface area (Å²) in [5.41, 5.74) is 1.94. The van der Waals surface area contributed by atoms with Crippen LogP contribution in [0.4, 0.5) is 0 Å². The van der Waals surface area contributed by atoms with E-state index < -0.39 is 0 Å². The van der Waals surface area contributed by atoms with Crippen molar-refractivity contribution in [2.24, 2.45) is 0 Å². The Morgan fingerprint density at radius 1 is 1.00 bits per heavy atom. The van der Waals surface area contributed by atoms with Crippen molar-refractivity contribution in [2.75, 3.05) is 0 Å². The Hall–Kier alpha value is -2.75. The lowest BCUT2D eigenvalue weighted by atomic mass is 10.3. The van der Waals surface area contributed by atoms with E-state index in [1.807, 2.05) is 42.6 Å². The highest BCUT2D eigenvalue weighted by Crippen LogP contribution is 2.25. The molecular formula is C16H14N2O2. The molecule has 3 rings (SSSR count). The van der Waals surface area contributed by atoms with Gasteiger partial charge in [-0.15, -0.1) is 0 Å². The number of aromatic hydroxyl groups is 1. The third kappa shape index (κ3) is 2.64. The van der Waals surface area contributed by atoms with E-state index in [0.29, 0.717) is 12.4 Å². The zero-order valence-electron chi connectivity index (χ0n) is 10.8. The largest absolute Gasteiger partial charge is 0.504 e. The summed E-state index contributed by atoms with van der Waals surface area (Å²) in [6, 6.07) is 16.8. The third-order valence-corrected chi connectivity index (χ3v) is 2.92. The van der Waals surface area contributed by atoms with Gasteiger partial charge in [0.05, 0.1) is 11.9 Å². The first-order valence-electron chi connectivity index (χ1n) is 6.33. The van der Waals surface area contributed by atoms with Crippen molar-refractivity contribution < 1.29 is 9.84 Å². The molecule has 0 saturated heterocycles. The normalized spacial score (nSPS) is 10.4. The van der Waals surface area contributed by atoms with Crippen molar-refractivity contribution in [1.29, 1.82) is 0 Å². The molecule has 4 heteroatoms. The molecule has 0 amide bonds. The van der Waals surface area contributed by atoms with Gasteiger partial charge >= 0.3 is 0 Å². The van der Waals surface area contributed by atoms with Crippen LogP contribution in [0.3, 0.4) is 0 Å². The number of phenolic OH excluding ortho intramolecular Hbond substituents is 1. The molecule has 100 valence electrons. The van der Waals surface area contributed by atoms with Crippen LogP contribution in [0.25, 0.3) is 5.69 Å². The Labute approximate surface area is 116 Å². The van der Waals surface area contributed by atoms with Gasteiger partial charge in [-0.2, -0.15) is 5.10 Å². The second-order valence-electron chi connectivity index (χ2n) is 4.39. The predicted octanol–water partition coefficient (Wildman–Crippen LogP) is 3.16. The summed E-state index contributed by atoms with van der Waals surface area (Å²) in [6.07, 6.45) is 3.67. The molecule has 0 aliphatic rings. The van der Waals surface area contributed by atoms with Gasteiger partial charge in [0.25, 0.3) is 0 Å². The van der Waals surface area contributed by atoms with Crippen LogP contribution in [0.1, 0.15) is 5.56 Å². The van der Waals surface area contributed by atoms with Crippen molar-refractivity contribution in [3.63, 3.8) is 0 Å². The standard InChI is InChI=1S/C16H14N2O2/c19-15-8-4-5-9-16(15)20-12-13-10-17-18(11-13)14-6-2-1-3-7-14/h1-11,19H,12H2. The summed E-state index contributed by atoms with van der Waals surface area (Å²) in [6.45, 7) is 0.365. The minimum absolute atomic E-state index is 0.142. The van der Waals surface area contributed by atoms with Crippen LogP contribution in [-0.4, -0.2) is 14.9 Å². The van der Waals surface area contributed by atoms with E-state index in [-0.39, 0.29) is 5.75 Å². The van der Waals surface area contributed by atoms with Gasteiger partial charge in [-0.05, 0) is 24.3 Å². The SMILES string of the molecule is Oc1ccccc1OCc1cnn(-c2ccccc2)c1. The average molecular weight is 266 g/mol. The van der Waals surface area contributed by atoms with E-state index in [2.05, 4.69) is 5.10 Å². The number of aromatic nitrogens is 2. The summed E-state index contributed by atoms with van der Waals surface area (Å²) in [5, 5.41) is 13.9. The highest BCUT2D eigenvalue weighted by molar-refractivity contribution is 5.38. The van der Waals surface area contributed by atoms with Gasteiger partial charge in [0.15, 0.2) is 11.5 Å². The van der Waals surface area contributed by atoms with Crippen molar-refractivity contribution in [3.05, 3.63) is 72.6 Å². The number of phenols is 1. The van der Waals surface area contributed by atoms with E-state index in [0.717, 1.165) is 11.3 Å². The molecule has 1 aromatic heterocycles. The van der Waals surface area contributed by atoms with Crippen LogP contribution in [0.2, 0.25) is 0 Å². The minimum atomic E-state index is 0.142. The number of para-hydroxylation sites is 3. The molecule has 0 bridgehead atoms. The highest BCUT2D eigenvalue weighted by Gasteiger charge is 2.04. The van der Waals surface area contributed by atoms with E-state index in [9.17, 15) is 5.11 Å². The van der Waals surface area contributed by atoms with Gasteiger partial charge < -0.3 is 9.84 Å². The van der Waals surface area contributed by atoms with E-state index in [1.165, 1.54) is 0 Å². The van der Waals surface area contributed by atoms with Gasteiger partial charge in [0.1, 0.15) is 6.61 Å². The van der Waals surface area contributed by atoms with Gasteiger partial charge in [0, 0.05) is 11.8 Å². The molecule has 0 aliphatic carbocycles. The van der Waals surface area contributed by atoms with E-state index in [1.54, 1.807) is 29.1 Å². The van der Waals surface area contributed by atoms with E-state index in [4.69, 9.17) is 4.74 Å². The Bertz CT molecular complexity index is 692. The lowest BCUT2D eigenvalue weighted by Gasteiger charge is -2.05. The number of nitrogens with zero attached hydrogens (tertiary/aromatic N) is 2. The summed E-state index contributed by atoms with van der Waals surface area (Å²) in [4.78, 5) is 0. The Morgan fingerprint density at radius 2 is 1.75 bits per heavy atom. The van der Waals surface area contributed by atoms with Gasteiger partial charge in [-0.3, -0.25) is 0 Å². The first kappa shape index (κ1) is 12.3. The number of rotatable bonds is 4. The zero-order valence-corrected chi connectivity index (χ0v) is 10.8. The molecule has 4 nitrogen and oxygen atoms in total. The number of ether oxygens (including phenoxy) is 1. The van der Waals surface area contributed by atoms with E-state index >= 15 is 0 Å². The highest BCUT2D eigenvalue weighted by atomic mass is 16.5. The molecular weight excluding hydrogens is 252 g/mol. The molecule has 0 radical (unpaired) electrons. The van der Waals surface area contributed by atoms with Crippen molar-refractivity contribution in [3.8, 4) is 17.2 Å². The maximum atomic E-state index is 9.63. The molecule has 0 atom stereocenters. The second-order valence-corrected chi connectivity index (χ2v) is 4.39. The molecule has 1 heterocycles. The summed E-state index contributed by atoms with van der Waals surface area (Å²) in [7, 11) is 0. The van der Waals surface area contributed by atoms with Gasteiger partial charge in [-0.1, -0.05) is 30.3 Å². The maximum absolute atomic E-state index is 9.63. The summed E-state index contributed by atoms with van der Waals surface area (Å²) >= 11 is 0. The van der Waals surface area contributed by atoms with Crippen molar-refractivity contribution in [2.45, 2.75) is 6.61 Å². The van der Waals surface area contributed by atoms with Crippen LogP contribution < -0.4 is 4.74 Å². The smallest absolute Gasteiger partial charge is 0.161 e. The predicted molar refractivity (Wildman–Crippen MR) is 76.0 cm³/mol. The number of hydrogen-bond donors (Lipinski definition) is 1. The first-order chi connectivity index (χ1) is 9.83. The lowest BCUT2D eigenvalue weighted by Crippen LogP contribution is -1.95. The van der Waals surface area contributed by atoms with Gasteiger partial charge in [-0.25, -0.2) is 4.68 Å². The third-order valence-electron chi connectivity index (χ3n) is 2.92. The fraction of sp³-hybridized carbons (Fsp3) is 0.0625. The van der Waals surface area contributed by atoms with Crippen LogP contribution in [-0.2, 0) is 6.61 Å². The van der Waals surface area contributed by atoms with Crippen LogP contribution >= 0.6 is 0 Å². The molecule has 0 unspecified atom stereocenters. The Morgan fingerprint density at radius 3 is 2.55 bits per heavy atom. The van der Waals surface area contributed by atoms with Gasteiger partial charge in [0.2, 0.25) is 0 Å². The second kappa shape index (κ2) is 5.48. The molecule has 2 aromatic carbocycles. The Balaban J connectivity index is 1.71. The molecule has 1 N–H and O–H groups in total.